The van der Waals surface area contributed by atoms with Crippen LogP contribution in [0.2, 0.25) is 0 Å². The third-order valence-corrected chi connectivity index (χ3v) is 6.89. The predicted octanol–water partition coefficient (Wildman–Crippen LogP) is 4.97. The predicted molar refractivity (Wildman–Crippen MR) is 121 cm³/mol. The molecule has 0 saturated heterocycles. The quantitative estimate of drug-likeness (QED) is 0.0920. The van der Waals surface area contributed by atoms with Crippen LogP contribution in [-0.2, 0) is 4.79 Å². The normalized spacial score (nSPS) is 10.5. The second-order valence-corrected chi connectivity index (χ2v) is 9.21. The second kappa shape index (κ2) is 10.2. The fourth-order valence-corrected chi connectivity index (χ4v) is 4.95. The standard InChI is InChI=1S/C20H16N2O6S3/c21-13-5-8-16(28-18(23)2-1-9-22(25)26)15(10-13)20(24)27-14-6-3-12(4-7-14)17-11-19(29)31-30-17/h3-8,10-11H,1-2,9,21H2. The summed E-state index contributed by atoms with van der Waals surface area (Å²) in [5.41, 5.74) is 6.97. The molecule has 0 unspecified atom stereocenters. The van der Waals surface area contributed by atoms with Crippen LogP contribution >= 0.6 is 32.9 Å². The van der Waals surface area contributed by atoms with Crippen molar-refractivity contribution in [3.05, 3.63) is 68.0 Å². The third kappa shape index (κ3) is 6.41. The fourth-order valence-electron chi connectivity index (χ4n) is 2.54. The molecular weight excluding hydrogens is 460 g/mol. The molecular formula is C20H16N2O6S3. The van der Waals surface area contributed by atoms with E-state index in [1.54, 1.807) is 22.5 Å². The first-order valence-corrected chi connectivity index (χ1v) is 11.5. The monoisotopic (exact) mass is 476 g/mol. The molecule has 0 aliphatic carbocycles. The third-order valence-electron chi connectivity index (χ3n) is 3.98. The van der Waals surface area contributed by atoms with Crippen molar-refractivity contribution in [2.24, 2.45) is 0 Å². The molecule has 0 saturated carbocycles. The van der Waals surface area contributed by atoms with Crippen molar-refractivity contribution < 1.29 is 24.0 Å². The highest BCUT2D eigenvalue weighted by atomic mass is 32.9. The Balaban J connectivity index is 1.70. The van der Waals surface area contributed by atoms with Gasteiger partial charge in [0.25, 0.3) is 0 Å². The average Bonchev–Trinajstić information content (AvgIpc) is 3.16. The van der Waals surface area contributed by atoms with Crippen LogP contribution in [0.5, 0.6) is 11.5 Å². The number of carbonyl (C=O) groups excluding carboxylic acids is 2. The van der Waals surface area contributed by atoms with Crippen LogP contribution in [0.15, 0.2) is 48.5 Å². The molecule has 2 N–H and O–H groups in total. The van der Waals surface area contributed by atoms with Gasteiger partial charge in [0.2, 0.25) is 6.54 Å². The van der Waals surface area contributed by atoms with Crippen LogP contribution < -0.4 is 15.2 Å². The van der Waals surface area contributed by atoms with E-state index in [2.05, 4.69) is 0 Å². The Bertz CT molecular complexity index is 1170. The Morgan fingerprint density at radius 3 is 2.45 bits per heavy atom. The summed E-state index contributed by atoms with van der Waals surface area (Å²) in [5.74, 6) is -1.17. The molecule has 160 valence electrons. The molecule has 0 atom stereocenters. The molecule has 8 nitrogen and oxygen atoms in total. The number of nitrogen functional groups attached to an aromatic ring is 1. The second-order valence-electron chi connectivity index (χ2n) is 6.30. The Hall–Kier alpha value is -3.15. The molecule has 1 heterocycles. The summed E-state index contributed by atoms with van der Waals surface area (Å²) >= 11 is 5.14. The summed E-state index contributed by atoms with van der Waals surface area (Å²) in [6, 6.07) is 13.0. The van der Waals surface area contributed by atoms with Gasteiger partial charge in [0.15, 0.2) is 0 Å². The van der Waals surface area contributed by atoms with E-state index in [9.17, 15) is 19.7 Å². The molecule has 0 bridgehead atoms. The van der Waals surface area contributed by atoms with Crippen LogP contribution in [0, 0.1) is 13.9 Å². The number of nitrogens with two attached hydrogens (primary N) is 1. The topological polar surface area (TPSA) is 122 Å². The maximum atomic E-state index is 12.7. The zero-order valence-electron chi connectivity index (χ0n) is 15.9. The highest BCUT2D eigenvalue weighted by Crippen LogP contribution is 2.31. The maximum Gasteiger partial charge on any atom is 0.347 e. The largest absolute Gasteiger partial charge is 0.426 e. The number of nitrogens with zero attached hydrogens (tertiary/aromatic N) is 1. The SMILES string of the molecule is Nc1ccc(OC(=O)CCC[N+](=O)[O-])c(C(=O)Oc2ccc(-c3cc(=S)ss3)cc2)c1. The molecule has 0 fully saturated rings. The van der Waals surface area contributed by atoms with Crippen molar-refractivity contribution in [2.75, 3.05) is 12.3 Å². The highest BCUT2D eigenvalue weighted by Gasteiger charge is 2.18. The molecule has 3 rings (SSSR count). The van der Waals surface area contributed by atoms with Crippen molar-refractivity contribution in [3.8, 4) is 21.9 Å². The molecule has 0 aliphatic heterocycles. The first-order chi connectivity index (χ1) is 14.8. The van der Waals surface area contributed by atoms with Gasteiger partial charge < -0.3 is 15.2 Å². The van der Waals surface area contributed by atoms with E-state index in [0.29, 0.717) is 5.75 Å². The minimum atomic E-state index is -0.751. The van der Waals surface area contributed by atoms with Crippen LogP contribution in [-0.4, -0.2) is 23.4 Å². The Morgan fingerprint density at radius 1 is 1.06 bits per heavy atom. The summed E-state index contributed by atoms with van der Waals surface area (Å²) in [5, 5.41) is 10.4. The Kier molecular flexibility index (Phi) is 7.45. The maximum absolute atomic E-state index is 12.7. The summed E-state index contributed by atoms with van der Waals surface area (Å²) in [6.45, 7) is -0.346. The van der Waals surface area contributed by atoms with Gasteiger partial charge in [-0.3, -0.25) is 14.9 Å². The van der Waals surface area contributed by atoms with E-state index >= 15 is 0 Å². The van der Waals surface area contributed by atoms with E-state index in [1.165, 1.54) is 28.5 Å². The van der Waals surface area contributed by atoms with Gasteiger partial charge in [-0.2, -0.15) is 0 Å². The molecule has 0 amide bonds. The first kappa shape index (κ1) is 22.5. The van der Waals surface area contributed by atoms with Gasteiger partial charge in [-0.05, 0) is 54.1 Å². The zero-order valence-corrected chi connectivity index (χ0v) is 18.4. The lowest BCUT2D eigenvalue weighted by molar-refractivity contribution is -0.480. The van der Waals surface area contributed by atoms with Crippen molar-refractivity contribution in [1.82, 2.24) is 0 Å². The fraction of sp³-hybridized carbons (Fsp3) is 0.150. The number of nitro groups is 1. The zero-order chi connectivity index (χ0) is 22.4. The Labute approximate surface area is 189 Å². The smallest absolute Gasteiger partial charge is 0.347 e. The molecule has 3 aromatic rings. The van der Waals surface area contributed by atoms with E-state index < -0.39 is 16.9 Å². The van der Waals surface area contributed by atoms with Crippen molar-refractivity contribution in [2.45, 2.75) is 12.8 Å². The van der Waals surface area contributed by atoms with Gasteiger partial charge in [0, 0.05) is 21.9 Å². The minimum absolute atomic E-state index is 0.0255. The summed E-state index contributed by atoms with van der Waals surface area (Å²) in [4.78, 5) is 35.5. The number of hydrogen-bond donors (Lipinski definition) is 1. The van der Waals surface area contributed by atoms with Crippen LogP contribution in [0.25, 0.3) is 10.4 Å². The average molecular weight is 477 g/mol. The van der Waals surface area contributed by atoms with Crippen LogP contribution in [0.1, 0.15) is 23.2 Å². The Morgan fingerprint density at radius 2 is 1.81 bits per heavy atom. The number of rotatable bonds is 8. The lowest BCUT2D eigenvalue weighted by Crippen LogP contribution is -2.15. The highest BCUT2D eigenvalue weighted by molar-refractivity contribution is 7.80. The number of hydrogen-bond acceptors (Lipinski definition) is 10. The van der Waals surface area contributed by atoms with Gasteiger partial charge in [-0.25, -0.2) is 4.79 Å². The lowest BCUT2D eigenvalue weighted by atomic mass is 10.1. The minimum Gasteiger partial charge on any atom is -0.426 e. The molecule has 0 spiro atoms. The van der Waals surface area contributed by atoms with E-state index in [4.69, 9.17) is 27.4 Å². The van der Waals surface area contributed by atoms with Gasteiger partial charge in [-0.15, -0.1) is 0 Å². The molecule has 11 heteroatoms. The molecule has 1 aromatic heterocycles. The van der Waals surface area contributed by atoms with Gasteiger partial charge in [-0.1, -0.05) is 32.9 Å². The van der Waals surface area contributed by atoms with Gasteiger partial charge in [0.1, 0.15) is 20.9 Å². The van der Waals surface area contributed by atoms with Crippen LogP contribution in [0.3, 0.4) is 0 Å². The van der Waals surface area contributed by atoms with Crippen molar-refractivity contribution in [1.29, 1.82) is 0 Å². The number of carbonyl (C=O) groups is 2. The summed E-state index contributed by atoms with van der Waals surface area (Å²) in [6.07, 6.45) is -0.123. The van der Waals surface area contributed by atoms with E-state index in [-0.39, 0.29) is 36.4 Å². The van der Waals surface area contributed by atoms with Crippen molar-refractivity contribution in [3.63, 3.8) is 0 Å². The number of benzene rings is 2. The number of anilines is 1. The van der Waals surface area contributed by atoms with Crippen LogP contribution in [0.4, 0.5) is 5.69 Å². The summed E-state index contributed by atoms with van der Waals surface area (Å²) in [7, 11) is 3.08. The summed E-state index contributed by atoms with van der Waals surface area (Å²) < 4.78 is 11.4. The van der Waals surface area contributed by atoms with E-state index in [0.717, 1.165) is 14.3 Å². The number of ether oxygens (including phenoxy) is 2. The first-order valence-electron chi connectivity index (χ1n) is 8.96. The van der Waals surface area contributed by atoms with E-state index in [1.807, 2.05) is 18.2 Å². The number of esters is 2. The molecule has 0 radical (unpaired) electrons. The van der Waals surface area contributed by atoms with Gasteiger partial charge in [0.05, 0.1) is 6.42 Å². The molecule has 0 aliphatic rings. The molecule has 31 heavy (non-hydrogen) atoms. The lowest BCUT2D eigenvalue weighted by Gasteiger charge is -2.11. The van der Waals surface area contributed by atoms with Crippen molar-refractivity contribution >= 4 is 50.5 Å². The van der Waals surface area contributed by atoms with Gasteiger partial charge >= 0.3 is 11.9 Å². The molecule has 2 aromatic carbocycles.